The van der Waals surface area contributed by atoms with Crippen LogP contribution < -0.4 is 0 Å². The third-order valence-corrected chi connectivity index (χ3v) is 10.2. The Morgan fingerprint density at radius 1 is 1.07 bits per heavy atom. The maximum absolute atomic E-state index is 6.29. The van der Waals surface area contributed by atoms with Gasteiger partial charge in [-0.05, 0) is 29.5 Å². The van der Waals surface area contributed by atoms with Crippen molar-refractivity contribution >= 4 is 18.8 Å². The van der Waals surface area contributed by atoms with E-state index >= 15 is 0 Å². The molecule has 15 heavy (non-hydrogen) atoms. The summed E-state index contributed by atoms with van der Waals surface area (Å²) >= 11 is 0. The zero-order chi connectivity index (χ0) is 11.8. The van der Waals surface area contributed by atoms with E-state index < -0.39 is 9.04 Å². The van der Waals surface area contributed by atoms with Gasteiger partial charge in [0, 0.05) is 0 Å². The van der Waals surface area contributed by atoms with E-state index in [0.29, 0.717) is 0 Å². The van der Waals surface area contributed by atoms with E-state index in [-0.39, 0.29) is 9.76 Å². The molecule has 0 aliphatic heterocycles. The van der Waals surface area contributed by atoms with Gasteiger partial charge in [0.2, 0.25) is 0 Å². The summed E-state index contributed by atoms with van der Waals surface area (Å²) in [6.07, 6.45) is 1.31. The normalized spacial score (nSPS) is 16.8. The summed E-state index contributed by atoms with van der Waals surface area (Å²) in [5.74, 6) is 1.66. The largest absolute Gasteiger partial charge is 0.462 e. The Morgan fingerprint density at radius 2 is 1.67 bits per heavy atom. The Labute approximate surface area is 101 Å². The van der Waals surface area contributed by atoms with Crippen LogP contribution in [0.25, 0.3) is 0 Å². The second-order valence-corrected chi connectivity index (χ2v) is 10.6. The van der Waals surface area contributed by atoms with Crippen molar-refractivity contribution in [3.63, 3.8) is 0 Å². The Kier molecular flexibility index (Phi) is 8.76. The summed E-state index contributed by atoms with van der Waals surface area (Å²) in [7, 11) is -1.10. The van der Waals surface area contributed by atoms with E-state index in [1.807, 2.05) is 0 Å². The third-order valence-electron chi connectivity index (χ3n) is 3.01. The predicted molar refractivity (Wildman–Crippen MR) is 75.8 cm³/mol. The van der Waals surface area contributed by atoms with E-state index in [1.54, 1.807) is 0 Å². The first-order valence-corrected chi connectivity index (χ1v) is 10.1. The molecule has 3 heteroatoms. The van der Waals surface area contributed by atoms with Crippen LogP contribution in [0.2, 0.25) is 17.6 Å². The molecule has 1 nitrogen and oxygen atoms in total. The van der Waals surface area contributed by atoms with Gasteiger partial charge in [0.25, 0.3) is 0 Å². The molecular weight excluding hydrogens is 216 g/mol. The molecule has 92 valence electrons. The van der Waals surface area contributed by atoms with Crippen LogP contribution in [0, 0.1) is 11.8 Å². The molecule has 0 aromatic rings. The Balaban J connectivity index is 3.90. The van der Waals surface area contributed by atoms with Gasteiger partial charge < -0.3 is 4.12 Å². The highest BCUT2D eigenvalue weighted by atomic mass is 28.3. The lowest BCUT2D eigenvalue weighted by atomic mass is 10.3. The fourth-order valence-electron chi connectivity index (χ4n) is 1.65. The van der Waals surface area contributed by atoms with Crippen molar-refractivity contribution in [2.45, 2.75) is 65.6 Å². The monoisotopic (exact) mass is 246 g/mol. The van der Waals surface area contributed by atoms with Gasteiger partial charge in [-0.3, -0.25) is 0 Å². The zero-order valence-corrected chi connectivity index (χ0v) is 14.1. The highest BCUT2D eigenvalue weighted by Crippen LogP contribution is 2.21. The molecule has 0 heterocycles. The average Bonchev–Trinajstić information content (AvgIpc) is 2.14. The minimum absolute atomic E-state index is 0.217. The topological polar surface area (TPSA) is 9.23 Å². The SMILES string of the molecule is CCC(C)[SiH](CC(C)C)O[SiH2]CC(C)C. The molecule has 0 spiro atoms. The van der Waals surface area contributed by atoms with Crippen LogP contribution in [0.4, 0.5) is 0 Å². The standard InChI is InChI=1S/C12H30OSi2/c1-7-12(6)15(9-11(4)5)13-14-8-10(2)3/h10-12,15H,7-9,14H2,1-6H3. The van der Waals surface area contributed by atoms with Gasteiger partial charge in [0.15, 0.2) is 9.04 Å². The molecule has 0 saturated carbocycles. The van der Waals surface area contributed by atoms with Crippen LogP contribution in [-0.2, 0) is 4.12 Å². The fraction of sp³-hybridized carbons (Fsp3) is 1.00. The second kappa shape index (κ2) is 8.53. The first-order chi connectivity index (χ1) is 6.97. The lowest BCUT2D eigenvalue weighted by molar-refractivity contribution is 0.537. The Bertz CT molecular complexity index is 149. The Morgan fingerprint density at radius 3 is 2.07 bits per heavy atom. The maximum atomic E-state index is 6.29. The summed E-state index contributed by atoms with van der Waals surface area (Å²) in [6, 6.07) is 2.73. The molecule has 0 aromatic heterocycles. The van der Waals surface area contributed by atoms with Crippen molar-refractivity contribution in [2.24, 2.45) is 11.8 Å². The molecule has 0 bridgehead atoms. The van der Waals surface area contributed by atoms with Gasteiger partial charge >= 0.3 is 0 Å². The van der Waals surface area contributed by atoms with Crippen molar-refractivity contribution in [2.75, 3.05) is 0 Å². The molecule has 0 fully saturated rings. The number of hydrogen-bond acceptors (Lipinski definition) is 1. The van der Waals surface area contributed by atoms with Gasteiger partial charge in [-0.1, -0.05) is 48.0 Å². The van der Waals surface area contributed by atoms with Crippen LogP contribution in [0.3, 0.4) is 0 Å². The molecule has 0 amide bonds. The van der Waals surface area contributed by atoms with E-state index in [0.717, 1.165) is 17.4 Å². The molecule has 0 aliphatic carbocycles. The van der Waals surface area contributed by atoms with Crippen molar-refractivity contribution in [3.8, 4) is 0 Å². The quantitative estimate of drug-likeness (QED) is 0.597. The van der Waals surface area contributed by atoms with Crippen LogP contribution in [0.15, 0.2) is 0 Å². The minimum atomic E-state index is -0.883. The highest BCUT2D eigenvalue weighted by Gasteiger charge is 2.19. The minimum Gasteiger partial charge on any atom is -0.462 e. The summed E-state index contributed by atoms with van der Waals surface area (Å²) < 4.78 is 6.29. The summed E-state index contributed by atoms with van der Waals surface area (Å²) in [4.78, 5) is 0. The molecule has 2 atom stereocenters. The first kappa shape index (κ1) is 15.4. The molecule has 0 N–H and O–H groups in total. The van der Waals surface area contributed by atoms with Gasteiger partial charge in [-0.25, -0.2) is 0 Å². The van der Waals surface area contributed by atoms with Gasteiger partial charge in [0.05, 0.1) is 0 Å². The van der Waals surface area contributed by atoms with Crippen LogP contribution in [-0.4, -0.2) is 18.8 Å². The van der Waals surface area contributed by atoms with E-state index in [1.165, 1.54) is 18.5 Å². The molecule has 2 unspecified atom stereocenters. The fourth-order valence-corrected chi connectivity index (χ4v) is 7.65. The summed E-state index contributed by atoms with van der Waals surface area (Å²) in [6.45, 7) is 14.0. The molecule has 0 radical (unpaired) electrons. The number of rotatable bonds is 8. The van der Waals surface area contributed by atoms with E-state index in [4.69, 9.17) is 4.12 Å². The molecule has 0 saturated heterocycles. The molecular formula is C12H30OSi2. The molecule has 0 aromatic carbocycles. The average molecular weight is 247 g/mol. The number of hydrogen-bond donors (Lipinski definition) is 0. The van der Waals surface area contributed by atoms with Gasteiger partial charge in [-0.15, -0.1) is 0 Å². The summed E-state index contributed by atoms with van der Waals surface area (Å²) in [5, 5.41) is 0. The Hall–Kier alpha value is 0.394. The highest BCUT2D eigenvalue weighted by molar-refractivity contribution is 6.60. The van der Waals surface area contributed by atoms with Crippen molar-refractivity contribution in [1.29, 1.82) is 0 Å². The zero-order valence-electron chi connectivity index (χ0n) is 11.5. The van der Waals surface area contributed by atoms with Crippen LogP contribution >= 0.6 is 0 Å². The van der Waals surface area contributed by atoms with Crippen molar-refractivity contribution < 1.29 is 4.12 Å². The van der Waals surface area contributed by atoms with Crippen LogP contribution in [0.5, 0.6) is 0 Å². The summed E-state index contributed by atoms with van der Waals surface area (Å²) in [5.41, 5.74) is 0.868. The van der Waals surface area contributed by atoms with E-state index in [2.05, 4.69) is 41.5 Å². The molecule has 0 aliphatic rings. The maximum Gasteiger partial charge on any atom is 0.165 e. The van der Waals surface area contributed by atoms with Gasteiger partial charge in [-0.2, -0.15) is 0 Å². The van der Waals surface area contributed by atoms with Gasteiger partial charge in [0.1, 0.15) is 9.76 Å². The third kappa shape index (κ3) is 8.23. The predicted octanol–water partition coefficient (Wildman–Crippen LogP) is 3.34. The first-order valence-electron chi connectivity index (χ1n) is 6.58. The van der Waals surface area contributed by atoms with E-state index in [9.17, 15) is 0 Å². The smallest absolute Gasteiger partial charge is 0.165 e. The van der Waals surface area contributed by atoms with Crippen LogP contribution in [0.1, 0.15) is 48.0 Å². The molecule has 0 rings (SSSR count). The van der Waals surface area contributed by atoms with Crippen molar-refractivity contribution in [1.82, 2.24) is 0 Å². The second-order valence-electron chi connectivity index (χ2n) is 5.61. The van der Waals surface area contributed by atoms with Crippen molar-refractivity contribution in [3.05, 3.63) is 0 Å². The lowest BCUT2D eigenvalue weighted by Gasteiger charge is -2.24. The lowest BCUT2D eigenvalue weighted by Crippen LogP contribution is -2.27.